The summed E-state index contributed by atoms with van der Waals surface area (Å²) >= 11 is 1.44. The molecule has 0 bridgehead atoms. The van der Waals surface area contributed by atoms with Gasteiger partial charge in [0.2, 0.25) is 5.91 Å². The molecule has 2 rings (SSSR count). The number of nitrogens with one attached hydrogen (secondary N) is 1. The molecule has 1 aliphatic heterocycles. The van der Waals surface area contributed by atoms with Crippen LogP contribution in [0.25, 0.3) is 0 Å². The van der Waals surface area contributed by atoms with Gasteiger partial charge < -0.3 is 9.73 Å². The zero-order valence-corrected chi connectivity index (χ0v) is 15.9. The number of carbonyl (C=O) groups excluding carboxylic acids is 1. The van der Waals surface area contributed by atoms with Crippen molar-refractivity contribution in [2.75, 3.05) is 36.9 Å². The summed E-state index contributed by atoms with van der Waals surface area (Å²) in [6, 6.07) is 3.79. The average molecular weight is 375 g/mol. The van der Waals surface area contributed by atoms with Gasteiger partial charge in [-0.1, -0.05) is 13.8 Å². The fourth-order valence-corrected chi connectivity index (χ4v) is 6.38. The first-order valence-electron chi connectivity index (χ1n) is 8.31. The largest absolute Gasteiger partial charge is 0.468 e. The number of hydrogen-bond acceptors (Lipinski definition) is 6. The fraction of sp³-hybridized carbons (Fsp3) is 0.688. The van der Waals surface area contributed by atoms with Crippen LogP contribution in [0.3, 0.4) is 0 Å². The summed E-state index contributed by atoms with van der Waals surface area (Å²) in [7, 11) is -2.89. The van der Waals surface area contributed by atoms with E-state index < -0.39 is 9.84 Å². The van der Waals surface area contributed by atoms with Gasteiger partial charge in [-0.2, -0.15) is 0 Å². The number of nitrogens with zero attached hydrogens (tertiary/aromatic N) is 1. The van der Waals surface area contributed by atoms with Gasteiger partial charge in [-0.05, 0) is 31.6 Å². The Labute approximate surface area is 148 Å². The maximum Gasteiger partial charge on any atom is 0.230 e. The minimum atomic E-state index is -2.89. The van der Waals surface area contributed by atoms with Crippen molar-refractivity contribution in [2.45, 2.75) is 31.6 Å². The van der Waals surface area contributed by atoms with Crippen molar-refractivity contribution in [3.05, 3.63) is 24.2 Å². The summed E-state index contributed by atoms with van der Waals surface area (Å²) in [6.45, 7) is 6.38. The molecule has 0 spiro atoms. The Bertz CT molecular complexity index is 612. The zero-order chi connectivity index (χ0) is 17.6. The highest BCUT2D eigenvalue weighted by Crippen LogP contribution is 2.24. The molecule has 0 radical (unpaired) electrons. The third-order valence-corrected chi connectivity index (χ3v) is 7.54. The highest BCUT2D eigenvalue weighted by molar-refractivity contribution is 8.02. The Hall–Kier alpha value is -0.990. The Morgan fingerprint density at radius 2 is 2.21 bits per heavy atom. The Balaban J connectivity index is 1.82. The van der Waals surface area contributed by atoms with Gasteiger partial charge in [0.1, 0.15) is 5.76 Å². The molecule has 6 nitrogen and oxygen atoms in total. The van der Waals surface area contributed by atoms with Crippen LogP contribution in [0.2, 0.25) is 0 Å². The van der Waals surface area contributed by atoms with E-state index >= 15 is 0 Å². The predicted octanol–water partition coefficient (Wildman–Crippen LogP) is 1.70. The van der Waals surface area contributed by atoms with Crippen LogP contribution in [-0.4, -0.2) is 61.4 Å². The molecule has 1 amide bonds. The third-order valence-electron chi connectivity index (χ3n) is 4.26. The van der Waals surface area contributed by atoms with Crippen LogP contribution < -0.4 is 5.32 Å². The lowest BCUT2D eigenvalue weighted by Gasteiger charge is -2.28. The van der Waals surface area contributed by atoms with Crippen molar-refractivity contribution in [1.29, 1.82) is 0 Å². The molecule has 136 valence electrons. The van der Waals surface area contributed by atoms with Crippen LogP contribution in [0.4, 0.5) is 0 Å². The number of carbonyl (C=O) groups is 1. The number of furan rings is 1. The van der Waals surface area contributed by atoms with Gasteiger partial charge in [0.25, 0.3) is 0 Å². The minimum Gasteiger partial charge on any atom is -0.468 e. The van der Waals surface area contributed by atoms with Crippen molar-refractivity contribution in [3.8, 4) is 0 Å². The molecule has 0 unspecified atom stereocenters. The SMILES string of the molecule is CCN(CC)[C@@H](CNC(=O)CS[C@@H]1CCS(=O)(=O)C1)c1ccco1. The first-order valence-corrected chi connectivity index (χ1v) is 11.2. The zero-order valence-electron chi connectivity index (χ0n) is 14.2. The van der Waals surface area contributed by atoms with E-state index in [2.05, 4.69) is 24.1 Å². The first-order chi connectivity index (χ1) is 11.4. The quantitative estimate of drug-likeness (QED) is 0.709. The molecule has 1 fully saturated rings. The Kier molecular flexibility index (Phi) is 7.18. The van der Waals surface area contributed by atoms with Gasteiger partial charge in [-0.3, -0.25) is 9.69 Å². The molecule has 1 saturated heterocycles. The highest BCUT2D eigenvalue weighted by Gasteiger charge is 2.28. The van der Waals surface area contributed by atoms with E-state index in [9.17, 15) is 13.2 Å². The molecular formula is C16H26N2O4S2. The number of hydrogen-bond donors (Lipinski definition) is 1. The molecule has 2 heterocycles. The van der Waals surface area contributed by atoms with Crippen molar-refractivity contribution in [3.63, 3.8) is 0 Å². The Morgan fingerprint density at radius 1 is 1.46 bits per heavy atom. The number of rotatable bonds is 9. The molecule has 1 aromatic rings. The van der Waals surface area contributed by atoms with Crippen LogP contribution in [0.1, 0.15) is 32.1 Å². The van der Waals surface area contributed by atoms with E-state index in [0.717, 1.165) is 18.8 Å². The molecule has 0 saturated carbocycles. The van der Waals surface area contributed by atoms with Crippen molar-refractivity contribution >= 4 is 27.5 Å². The summed E-state index contributed by atoms with van der Waals surface area (Å²) in [5.74, 6) is 1.51. The summed E-state index contributed by atoms with van der Waals surface area (Å²) in [6.07, 6.45) is 2.29. The molecule has 1 N–H and O–H groups in total. The van der Waals surface area contributed by atoms with Gasteiger partial charge in [0.05, 0.1) is 29.6 Å². The molecule has 1 aliphatic rings. The standard InChI is InChI=1S/C16H26N2O4S2/c1-3-18(4-2)14(15-6-5-8-22-15)10-17-16(19)11-23-13-7-9-24(20,21)12-13/h5-6,8,13-14H,3-4,7,9-12H2,1-2H3,(H,17,19)/t13-,14+/m1/s1. The molecular weight excluding hydrogens is 348 g/mol. The van der Waals surface area contributed by atoms with Gasteiger partial charge in [0.15, 0.2) is 9.84 Å². The second-order valence-corrected chi connectivity index (χ2v) is 9.41. The minimum absolute atomic E-state index is 0.0100. The molecule has 1 aromatic heterocycles. The molecule has 2 atom stereocenters. The summed E-state index contributed by atoms with van der Waals surface area (Å²) < 4.78 is 28.4. The van der Waals surface area contributed by atoms with Crippen LogP contribution >= 0.6 is 11.8 Å². The first kappa shape index (κ1) is 19.3. The van der Waals surface area contributed by atoms with E-state index in [0.29, 0.717) is 18.7 Å². The van der Waals surface area contributed by atoms with Gasteiger partial charge >= 0.3 is 0 Å². The van der Waals surface area contributed by atoms with E-state index in [1.54, 1.807) is 6.26 Å². The molecule has 0 aromatic carbocycles. The van der Waals surface area contributed by atoms with Crippen molar-refractivity contribution < 1.29 is 17.6 Å². The predicted molar refractivity (Wildman–Crippen MR) is 96.9 cm³/mol. The lowest BCUT2D eigenvalue weighted by Crippen LogP contribution is -2.38. The van der Waals surface area contributed by atoms with Crippen molar-refractivity contribution in [2.24, 2.45) is 0 Å². The number of likely N-dealkylation sites (N-methyl/N-ethyl adjacent to an activating group) is 1. The van der Waals surface area contributed by atoms with Crippen LogP contribution in [0.5, 0.6) is 0 Å². The van der Waals surface area contributed by atoms with Crippen molar-refractivity contribution in [1.82, 2.24) is 10.2 Å². The molecule has 8 heteroatoms. The molecule has 24 heavy (non-hydrogen) atoms. The smallest absolute Gasteiger partial charge is 0.230 e. The van der Waals surface area contributed by atoms with E-state index in [1.165, 1.54) is 11.8 Å². The fourth-order valence-electron chi connectivity index (χ4n) is 2.90. The summed E-state index contributed by atoms with van der Waals surface area (Å²) in [5.41, 5.74) is 0. The monoisotopic (exact) mass is 374 g/mol. The lowest BCUT2D eigenvalue weighted by molar-refractivity contribution is -0.118. The topological polar surface area (TPSA) is 79.6 Å². The second-order valence-electron chi connectivity index (χ2n) is 5.89. The van der Waals surface area contributed by atoms with E-state index in [1.807, 2.05) is 12.1 Å². The summed E-state index contributed by atoms with van der Waals surface area (Å²) in [4.78, 5) is 14.3. The number of amides is 1. The highest BCUT2D eigenvalue weighted by atomic mass is 32.2. The second kappa shape index (κ2) is 8.92. The van der Waals surface area contributed by atoms with Gasteiger partial charge in [-0.15, -0.1) is 11.8 Å². The normalized spacial score (nSPS) is 21.0. The van der Waals surface area contributed by atoms with Crippen LogP contribution in [0, 0.1) is 0 Å². The molecule has 0 aliphatic carbocycles. The number of sulfone groups is 1. The van der Waals surface area contributed by atoms with E-state index in [4.69, 9.17) is 4.42 Å². The maximum atomic E-state index is 12.1. The average Bonchev–Trinajstić information content (AvgIpc) is 3.19. The van der Waals surface area contributed by atoms with E-state index in [-0.39, 0.29) is 28.7 Å². The van der Waals surface area contributed by atoms with Gasteiger partial charge in [-0.25, -0.2) is 8.42 Å². The van der Waals surface area contributed by atoms with Gasteiger partial charge in [0, 0.05) is 11.8 Å². The van der Waals surface area contributed by atoms with Crippen LogP contribution in [-0.2, 0) is 14.6 Å². The Morgan fingerprint density at radius 3 is 2.75 bits per heavy atom. The number of thioether (sulfide) groups is 1. The maximum absolute atomic E-state index is 12.1. The third kappa shape index (κ3) is 5.53. The van der Waals surface area contributed by atoms with Crippen LogP contribution in [0.15, 0.2) is 22.8 Å². The summed E-state index contributed by atoms with van der Waals surface area (Å²) in [5, 5.41) is 3.00. The lowest BCUT2D eigenvalue weighted by atomic mass is 10.2.